The normalized spacial score (nSPS) is 11.3. The molecule has 1 aromatic carbocycles. The smallest absolute Gasteiger partial charge is 0.380 e. The van der Waals surface area contributed by atoms with Crippen molar-refractivity contribution in [1.82, 2.24) is 20.1 Å². The number of aromatic nitrogens is 3. The number of hydrogen-bond donors (Lipinski definition) is 2. The van der Waals surface area contributed by atoms with Gasteiger partial charge in [-0.3, -0.25) is 0 Å². The third-order valence-electron chi connectivity index (χ3n) is 2.96. The van der Waals surface area contributed by atoms with Crippen molar-refractivity contribution >= 4 is 11.7 Å². The van der Waals surface area contributed by atoms with Gasteiger partial charge in [0.2, 0.25) is 0 Å². The number of rotatable bonds is 6. The van der Waals surface area contributed by atoms with E-state index in [0.29, 0.717) is 13.2 Å². The second-order valence-electron chi connectivity index (χ2n) is 4.65. The third kappa shape index (κ3) is 4.69. The molecule has 2 amide bonds. The maximum absolute atomic E-state index is 13.2. The molecule has 2 rings (SSSR count). The molecule has 0 aliphatic heterocycles. The minimum absolute atomic E-state index is 0.0140. The highest BCUT2D eigenvalue weighted by atomic mass is 19.4. The summed E-state index contributed by atoms with van der Waals surface area (Å²) in [7, 11) is 0. The predicted octanol–water partition coefficient (Wildman–Crippen LogP) is 2.44. The van der Waals surface area contributed by atoms with Crippen LogP contribution < -0.4 is 10.6 Å². The Balaban J connectivity index is 2.14. The van der Waals surface area contributed by atoms with Crippen molar-refractivity contribution in [1.29, 1.82) is 0 Å². The Labute approximate surface area is 135 Å². The van der Waals surface area contributed by atoms with E-state index < -0.39 is 17.8 Å². The van der Waals surface area contributed by atoms with Gasteiger partial charge < -0.3 is 15.4 Å². The number of halogens is 3. The number of ether oxygens (including phenoxy) is 1. The number of amides is 2. The Morgan fingerprint density at radius 2 is 2.17 bits per heavy atom. The van der Waals surface area contributed by atoms with Crippen molar-refractivity contribution in [3.8, 4) is 5.69 Å². The number of nitrogens with zero attached hydrogens (tertiary/aromatic N) is 3. The Hall–Kier alpha value is -2.62. The van der Waals surface area contributed by atoms with Gasteiger partial charge in [0.1, 0.15) is 12.7 Å². The summed E-state index contributed by atoms with van der Waals surface area (Å²) < 4.78 is 45.8. The SMILES string of the molecule is CCOCCNC(=O)Nc1ccc(-n2cncn2)c(C(F)(F)F)c1. The molecule has 1 heterocycles. The fourth-order valence-corrected chi connectivity index (χ4v) is 1.93. The largest absolute Gasteiger partial charge is 0.418 e. The van der Waals surface area contributed by atoms with E-state index in [2.05, 4.69) is 20.7 Å². The summed E-state index contributed by atoms with van der Waals surface area (Å²) in [6.07, 6.45) is -2.30. The molecule has 0 fully saturated rings. The third-order valence-corrected chi connectivity index (χ3v) is 2.96. The Morgan fingerprint density at radius 1 is 1.38 bits per heavy atom. The molecule has 24 heavy (non-hydrogen) atoms. The number of nitrogens with one attached hydrogen (secondary N) is 2. The lowest BCUT2D eigenvalue weighted by molar-refractivity contribution is -0.137. The van der Waals surface area contributed by atoms with Gasteiger partial charge in [0, 0.05) is 18.8 Å². The molecule has 130 valence electrons. The molecule has 0 atom stereocenters. The van der Waals surface area contributed by atoms with Gasteiger partial charge in [0.05, 0.1) is 17.9 Å². The van der Waals surface area contributed by atoms with Gasteiger partial charge in [0.25, 0.3) is 0 Å². The topological polar surface area (TPSA) is 81.1 Å². The Morgan fingerprint density at radius 3 is 2.79 bits per heavy atom. The van der Waals surface area contributed by atoms with Gasteiger partial charge in [-0.15, -0.1) is 0 Å². The first kappa shape index (κ1) is 17.7. The minimum Gasteiger partial charge on any atom is -0.380 e. The molecule has 1 aromatic heterocycles. The van der Waals surface area contributed by atoms with Crippen molar-refractivity contribution in [3.05, 3.63) is 36.4 Å². The summed E-state index contributed by atoms with van der Waals surface area (Å²) in [6.45, 7) is 2.91. The van der Waals surface area contributed by atoms with Crippen molar-refractivity contribution in [3.63, 3.8) is 0 Å². The van der Waals surface area contributed by atoms with Gasteiger partial charge in [-0.25, -0.2) is 14.5 Å². The molecule has 2 aromatic rings. The maximum Gasteiger partial charge on any atom is 0.418 e. The first-order chi connectivity index (χ1) is 11.4. The summed E-state index contributed by atoms with van der Waals surface area (Å²) in [4.78, 5) is 15.3. The molecule has 10 heteroatoms. The maximum atomic E-state index is 13.2. The molecule has 0 aliphatic rings. The van der Waals surface area contributed by atoms with E-state index in [0.717, 1.165) is 23.4 Å². The first-order valence-corrected chi connectivity index (χ1v) is 7.10. The molecule has 0 aliphatic carbocycles. The molecule has 0 saturated carbocycles. The van der Waals surface area contributed by atoms with E-state index in [1.165, 1.54) is 12.1 Å². The quantitative estimate of drug-likeness (QED) is 0.790. The predicted molar refractivity (Wildman–Crippen MR) is 79.9 cm³/mol. The molecule has 0 unspecified atom stereocenters. The van der Waals surface area contributed by atoms with Crippen LogP contribution in [0.25, 0.3) is 5.69 Å². The van der Waals surface area contributed by atoms with Gasteiger partial charge in [-0.05, 0) is 25.1 Å². The molecular weight excluding hydrogens is 327 g/mol. The van der Waals surface area contributed by atoms with Gasteiger partial charge in [0.15, 0.2) is 0 Å². The van der Waals surface area contributed by atoms with Crippen molar-refractivity contribution in [2.45, 2.75) is 13.1 Å². The highest BCUT2D eigenvalue weighted by Crippen LogP contribution is 2.35. The van der Waals surface area contributed by atoms with Gasteiger partial charge in [-0.2, -0.15) is 18.3 Å². The van der Waals surface area contributed by atoms with Crippen LogP contribution in [0.1, 0.15) is 12.5 Å². The number of urea groups is 1. The van der Waals surface area contributed by atoms with E-state index >= 15 is 0 Å². The molecule has 7 nitrogen and oxygen atoms in total. The number of hydrogen-bond acceptors (Lipinski definition) is 4. The van der Waals surface area contributed by atoms with Crippen LogP contribution in [0.5, 0.6) is 0 Å². The number of carbonyl (C=O) groups is 1. The lowest BCUT2D eigenvalue weighted by Crippen LogP contribution is -2.31. The summed E-state index contributed by atoms with van der Waals surface area (Å²) in [5.74, 6) is 0. The second-order valence-corrected chi connectivity index (χ2v) is 4.65. The van der Waals surface area contributed by atoms with E-state index in [-0.39, 0.29) is 17.9 Å². The van der Waals surface area contributed by atoms with Crippen molar-refractivity contribution in [2.75, 3.05) is 25.1 Å². The van der Waals surface area contributed by atoms with Crippen LogP contribution >= 0.6 is 0 Å². The summed E-state index contributed by atoms with van der Waals surface area (Å²) in [5.41, 5.74) is -1.09. The average Bonchev–Trinajstić information content (AvgIpc) is 3.05. The second kappa shape index (κ2) is 7.77. The highest BCUT2D eigenvalue weighted by molar-refractivity contribution is 5.89. The number of benzene rings is 1. The molecule has 2 N–H and O–H groups in total. The summed E-state index contributed by atoms with van der Waals surface area (Å²) in [5, 5.41) is 8.54. The van der Waals surface area contributed by atoms with E-state index in [4.69, 9.17) is 4.74 Å². The van der Waals surface area contributed by atoms with Crippen LogP contribution in [0.2, 0.25) is 0 Å². The van der Waals surface area contributed by atoms with Gasteiger partial charge >= 0.3 is 12.2 Å². The summed E-state index contributed by atoms with van der Waals surface area (Å²) in [6, 6.07) is 2.80. The van der Waals surface area contributed by atoms with E-state index in [1.807, 2.05) is 6.92 Å². The van der Waals surface area contributed by atoms with Crippen LogP contribution in [-0.2, 0) is 10.9 Å². The molecule has 0 spiro atoms. The van der Waals surface area contributed by atoms with Crippen molar-refractivity contribution < 1.29 is 22.7 Å². The zero-order valence-electron chi connectivity index (χ0n) is 12.8. The molecule has 0 bridgehead atoms. The Kier molecular flexibility index (Phi) is 5.74. The Bertz CT molecular complexity index is 674. The first-order valence-electron chi connectivity index (χ1n) is 7.10. The standard InChI is InChI=1S/C14H16F3N5O2/c1-2-24-6-5-19-13(23)21-10-3-4-12(22-9-18-8-20-22)11(7-10)14(15,16)17/h3-4,7-9H,2,5-6H2,1H3,(H2,19,21,23). The monoisotopic (exact) mass is 343 g/mol. The fraction of sp³-hybridized carbons (Fsp3) is 0.357. The highest BCUT2D eigenvalue weighted by Gasteiger charge is 2.34. The van der Waals surface area contributed by atoms with Crippen LogP contribution in [0.4, 0.5) is 23.7 Å². The number of anilines is 1. The number of alkyl halides is 3. The minimum atomic E-state index is -4.61. The van der Waals surface area contributed by atoms with E-state index in [9.17, 15) is 18.0 Å². The molecular formula is C14H16F3N5O2. The lowest BCUT2D eigenvalue weighted by Gasteiger charge is -2.15. The zero-order valence-corrected chi connectivity index (χ0v) is 12.8. The zero-order chi connectivity index (χ0) is 17.6. The van der Waals surface area contributed by atoms with Crippen LogP contribution in [0, 0.1) is 0 Å². The van der Waals surface area contributed by atoms with Gasteiger partial charge in [-0.1, -0.05) is 0 Å². The van der Waals surface area contributed by atoms with Crippen molar-refractivity contribution in [2.24, 2.45) is 0 Å². The van der Waals surface area contributed by atoms with Crippen LogP contribution in [-0.4, -0.2) is 40.6 Å². The molecule has 0 radical (unpaired) electrons. The molecule has 0 saturated heterocycles. The average molecular weight is 343 g/mol. The summed E-state index contributed by atoms with van der Waals surface area (Å²) >= 11 is 0. The lowest BCUT2D eigenvalue weighted by atomic mass is 10.1. The van der Waals surface area contributed by atoms with Crippen LogP contribution in [0.3, 0.4) is 0 Å². The number of carbonyl (C=O) groups excluding carboxylic acids is 1. The van der Waals surface area contributed by atoms with Crippen LogP contribution in [0.15, 0.2) is 30.9 Å². The van der Waals surface area contributed by atoms with E-state index in [1.54, 1.807) is 0 Å². The fourth-order valence-electron chi connectivity index (χ4n) is 1.93.